The topological polar surface area (TPSA) is 4.93 Å². The maximum atomic E-state index is 2.44. The molecule has 0 bridgehead atoms. The Morgan fingerprint density at radius 3 is 2.57 bits per heavy atom. The van der Waals surface area contributed by atoms with Crippen molar-refractivity contribution in [1.82, 2.24) is 4.57 Å². The second-order valence-electron chi connectivity index (χ2n) is 5.98. The molecule has 0 fully saturated rings. The average Bonchev–Trinajstić information content (AvgIpc) is 2.84. The van der Waals surface area contributed by atoms with Gasteiger partial charge >= 0.3 is 0 Å². The fourth-order valence-electron chi connectivity index (χ4n) is 3.81. The average molecular weight is 269 g/mol. The number of hydrogen-bond donors (Lipinski definition) is 0. The molecule has 0 atom stereocenters. The molecule has 3 aromatic carbocycles. The van der Waals surface area contributed by atoms with Crippen molar-refractivity contribution < 1.29 is 0 Å². The minimum absolute atomic E-state index is 1.03. The van der Waals surface area contributed by atoms with Crippen molar-refractivity contribution >= 4 is 21.8 Å². The Morgan fingerprint density at radius 1 is 0.810 bits per heavy atom. The predicted octanol–water partition coefficient (Wildman–Crippen LogP) is 5.00. The van der Waals surface area contributed by atoms with Crippen LogP contribution in [0, 0.1) is 6.92 Å². The highest BCUT2D eigenvalue weighted by molar-refractivity contribution is 6.11. The van der Waals surface area contributed by atoms with E-state index in [0.29, 0.717) is 0 Å². The molecule has 0 N–H and O–H groups in total. The molecule has 0 aliphatic carbocycles. The SMILES string of the molecule is Cc1cc2c3c(c1)c1ccccc1n3-c1ccccc1C2. The quantitative estimate of drug-likeness (QED) is 0.373. The van der Waals surface area contributed by atoms with Crippen LogP contribution in [0.2, 0.25) is 0 Å². The lowest BCUT2D eigenvalue weighted by Gasteiger charge is -2.20. The number of aromatic nitrogens is 1. The van der Waals surface area contributed by atoms with E-state index < -0.39 is 0 Å². The Kier molecular flexibility index (Phi) is 2.00. The summed E-state index contributed by atoms with van der Waals surface area (Å²) in [6.07, 6.45) is 1.03. The van der Waals surface area contributed by atoms with Crippen molar-refractivity contribution in [2.24, 2.45) is 0 Å². The molecule has 0 saturated carbocycles. The summed E-state index contributed by atoms with van der Waals surface area (Å²) in [4.78, 5) is 0. The Labute approximate surface area is 123 Å². The standard InChI is InChI=1S/C20H15N/c1-13-10-15-12-14-6-2-4-8-18(14)21-19-9-5-3-7-16(19)17(11-13)20(15)21/h2-11H,12H2,1H3. The summed E-state index contributed by atoms with van der Waals surface area (Å²) in [5.41, 5.74) is 8.24. The van der Waals surface area contributed by atoms with Crippen LogP contribution in [0.5, 0.6) is 0 Å². The van der Waals surface area contributed by atoms with Crippen LogP contribution in [0.1, 0.15) is 16.7 Å². The number of para-hydroxylation sites is 2. The number of fused-ring (bicyclic) bond motifs is 5. The Bertz CT molecular complexity index is 1020. The lowest BCUT2D eigenvalue weighted by Crippen LogP contribution is -2.07. The molecule has 1 aliphatic rings. The van der Waals surface area contributed by atoms with Crippen molar-refractivity contribution in [2.45, 2.75) is 13.3 Å². The van der Waals surface area contributed by atoms with Crippen LogP contribution in [0.3, 0.4) is 0 Å². The van der Waals surface area contributed by atoms with E-state index in [0.717, 1.165) is 6.42 Å². The molecule has 1 aliphatic heterocycles. The third-order valence-electron chi connectivity index (χ3n) is 4.61. The highest BCUT2D eigenvalue weighted by Crippen LogP contribution is 2.39. The zero-order valence-corrected chi connectivity index (χ0v) is 11.9. The van der Waals surface area contributed by atoms with E-state index in [1.54, 1.807) is 0 Å². The van der Waals surface area contributed by atoms with Gasteiger partial charge in [-0.25, -0.2) is 0 Å². The van der Waals surface area contributed by atoms with E-state index in [2.05, 4.69) is 72.2 Å². The second-order valence-corrected chi connectivity index (χ2v) is 5.98. The van der Waals surface area contributed by atoms with E-state index in [4.69, 9.17) is 0 Å². The van der Waals surface area contributed by atoms with Crippen LogP contribution in [0.4, 0.5) is 0 Å². The zero-order valence-electron chi connectivity index (χ0n) is 11.9. The van der Waals surface area contributed by atoms with E-state index in [1.807, 2.05) is 0 Å². The van der Waals surface area contributed by atoms with Crippen LogP contribution in [-0.4, -0.2) is 4.57 Å². The predicted molar refractivity (Wildman–Crippen MR) is 88.3 cm³/mol. The van der Waals surface area contributed by atoms with E-state index in [9.17, 15) is 0 Å². The molecule has 0 radical (unpaired) electrons. The first-order chi connectivity index (χ1) is 10.3. The lowest BCUT2D eigenvalue weighted by molar-refractivity contribution is 1.04. The van der Waals surface area contributed by atoms with Crippen LogP contribution >= 0.6 is 0 Å². The first-order valence-electron chi connectivity index (χ1n) is 7.44. The fraction of sp³-hybridized carbons (Fsp3) is 0.100. The third kappa shape index (κ3) is 1.36. The van der Waals surface area contributed by atoms with Gasteiger partial charge in [-0.05, 0) is 36.2 Å². The monoisotopic (exact) mass is 269 g/mol. The molecule has 2 heterocycles. The van der Waals surface area contributed by atoms with Gasteiger partial charge in [0, 0.05) is 22.9 Å². The Hall–Kier alpha value is -2.54. The summed E-state index contributed by atoms with van der Waals surface area (Å²) in [6.45, 7) is 2.20. The van der Waals surface area contributed by atoms with Gasteiger partial charge in [0.2, 0.25) is 0 Å². The number of rotatable bonds is 0. The van der Waals surface area contributed by atoms with Gasteiger partial charge in [0.1, 0.15) is 0 Å². The van der Waals surface area contributed by atoms with Crippen LogP contribution in [0.15, 0.2) is 60.7 Å². The van der Waals surface area contributed by atoms with Crippen molar-refractivity contribution in [3.8, 4) is 5.69 Å². The molecule has 1 heteroatoms. The molecule has 0 spiro atoms. The van der Waals surface area contributed by atoms with Gasteiger partial charge in [-0.2, -0.15) is 0 Å². The molecule has 1 aromatic heterocycles. The molecule has 0 amide bonds. The van der Waals surface area contributed by atoms with Crippen LogP contribution < -0.4 is 0 Å². The largest absolute Gasteiger partial charge is 0.309 e. The lowest BCUT2D eigenvalue weighted by atomic mass is 9.96. The molecule has 4 aromatic rings. The van der Waals surface area contributed by atoms with Gasteiger partial charge in [0.15, 0.2) is 0 Å². The number of benzene rings is 3. The second kappa shape index (κ2) is 3.76. The molecule has 0 saturated heterocycles. The minimum atomic E-state index is 1.03. The van der Waals surface area contributed by atoms with Crippen LogP contribution in [0.25, 0.3) is 27.5 Å². The Balaban J connectivity index is 2.11. The van der Waals surface area contributed by atoms with Crippen molar-refractivity contribution in [3.05, 3.63) is 77.4 Å². The van der Waals surface area contributed by atoms with Gasteiger partial charge in [0.05, 0.1) is 11.0 Å². The zero-order chi connectivity index (χ0) is 14.0. The van der Waals surface area contributed by atoms with E-state index in [-0.39, 0.29) is 0 Å². The summed E-state index contributed by atoms with van der Waals surface area (Å²) in [5, 5.41) is 2.74. The van der Waals surface area contributed by atoms with E-state index >= 15 is 0 Å². The van der Waals surface area contributed by atoms with Crippen molar-refractivity contribution in [2.75, 3.05) is 0 Å². The smallest absolute Gasteiger partial charge is 0.0576 e. The summed E-state index contributed by atoms with van der Waals surface area (Å²) in [7, 11) is 0. The summed E-state index contributed by atoms with van der Waals surface area (Å²) >= 11 is 0. The van der Waals surface area contributed by atoms with Crippen molar-refractivity contribution in [1.29, 1.82) is 0 Å². The van der Waals surface area contributed by atoms with Gasteiger partial charge in [0.25, 0.3) is 0 Å². The highest BCUT2D eigenvalue weighted by Gasteiger charge is 2.21. The molecule has 5 rings (SSSR count). The molecule has 0 unspecified atom stereocenters. The molecule has 1 nitrogen and oxygen atoms in total. The summed E-state index contributed by atoms with van der Waals surface area (Å²) < 4.78 is 2.44. The number of hydrogen-bond acceptors (Lipinski definition) is 0. The maximum Gasteiger partial charge on any atom is 0.0576 e. The highest BCUT2D eigenvalue weighted by atomic mass is 15.0. The first-order valence-corrected chi connectivity index (χ1v) is 7.44. The van der Waals surface area contributed by atoms with E-state index in [1.165, 1.54) is 44.2 Å². The molecular weight excluding hydrogens is 254 g/mol. The number of nitrogens with zero attached hydrogens (tertiary/aromatic N) is 1. The van der Waals surface area contributed by atoms with Gasteiger partial charge in [-0.1, -0.05) is 48.0 Å². The van der Waals surface area contributed by atoms with Gasteiger partial charge in [-0.15, -0.1) is 0 Å². The minimum Gasteiger partial charge on any atom is -0.309 e. The molecule has 100 valence electrons. The van der Waals surface area contributed by atoms with Crippen molar-refractivity contribution in [3.63, 3.8) is 0 Å². The molecule has 21 heavy (non-hydrogen) atoms. The van der Waals surface area contributed by atoms with Gasteiger partial charge < -0.3 is 4.57 Å². The third-order valence-corrected chi connectivity index (χ3v) is 4.61. The maximum absolute atomic E-state index is 2.44. The normalized spacial score (nSPS) is 12.8. The van der Waals surface area contributed by atoms with Gasteiger partial charge in [-0.3, -0.25) is 0 Å². The Morgan fingerprint density at radius 2 is 1.62 bits per heavy atom. The molecular formula is C20H15N. The summed E-state index contributed by atoms with van der Waals surface area (Å²) in [6, 6.07) is 22.2. The van der Waals surface area contributed by atoms with Crippen LogP contribution in [-0.2, 0) is 6.42 Å². The first kappa shape index (κ1) is 11.2. The summed E-state index contributed by atoms with van der Waals surface area (Å²) in [5.74, 6) is 0. The number of aryl methyl sites for hydroxylation is 1. The fourth-order valence-corrected chi connectivity index (χ4v) is 3.81.